The number of amides is 1. The Morgan fingerprint density at radius 1 is 1.03 bits per heavy atom. The number of likely N-dealkylation sites (N-methyl/N-ethyl adjacent to an activating group) is 1. The fourth-order valence-electron chi connectivity index (χ4n) is 3.45. The van der Waals surface area contributed by atoms with Crippen molar-refractivity contribution in [2.75, 3.05) is 14.1 Å². The summed E-state index contributed by atoms with van der Waals surface area (Å²) in [4.78, 5) is 26.1. The lowest BCUT2D eigenvalue weighted by atomic mass is 10.0. The predicted molar refractivity (Wildman–Crippen MR) is 121 cm³/mol. The first kappa shape index (κ1) is 20.2. The minimum absolute atomic E-state index is 0.0789. The zero-order valence-electron chi connectivity index (χ0n) is 16.4. The van der Waals surface area contributed by atoms with Crippen molar-refractivity contribution >= 4 is 45.0 Å². The maximum atomic E-state index is 12.7. The van der Waals surface area contributed by atoms with Gasteiger partial charge < -0.3 is 14.6 Å². The average Bonchev–Trinajstić information content (AvgIpc) is 3.27. The van der Waals surface area contributed by atoms with Crippen molar-refractivity contribution in [2.24, 2.45) is 0 Å². The number of benzene rings is 2. The number of hydrogen-bond donors (Lipinski definition) is 1. The van der Waals surface area contributed by atoms with Crippen molar-refractivity contribution in [1.29, 1.82) is 0 Å². The number of fused-ring (bicyclic) bond motifs is 1. The van der Waals surface area contributed by atoms with Crippen molar-refractivity contribution in [2.45, 2.75) is 6.54 Å². The quantitative estimate of drug-likeness (QED) is 0.449. The van der Waals surface area contributed by atoms with Crippen LogP contribution in [-0.4, -0.2) is 40.5 Å². The largest absolute Gasteiger partial charge is 0.477 e. The minimum Gasteiger partial charge on any atom is -0.477 e. The molecule has 0 saturated carbocycles. The molecule has 30 heavy (non-hydrogen) atoms. The molecule has 0 radical (unpaired) electrons. The van der Waals surface area contributed by atoms with Crippen LogP contribution in [0.5, 0.6) is 0 Å². The highest BCUT2D eigenvalue weighted by Crippen LogP contribution is 2.44. The third-order valence-electron chi connectivity index (χ3n) is 4.92. The molecule has 5 nitrogen and oxygen atoms in total. The number of aromatic carboxylic acids is 1. The molecule has 7 heteroatoms. The number of carbonyl (C=O) groups is 2. The van der Waals surface area contributed by atoms with E-state index in [1.807, 2.05) is 59.2 Å². The lowest BCUT2D eigenvalue weighted by Gasteiger charge is -2.16. The Morgan fingerprint density at radius 3 is 2.30 bits per heavy atom. The minimum atomic E-state index is -0.978. The number of nitrogens with zero attached hydrogens (tertiary/aromatic N) is 2. The van der Waals surface area contributed by atoms with Crippen molar-refractivity contribution in [3.63, 3.8) is 0 Å². The van der Waals surface area contributed by atoms with E-state index in [0.717, 1.165) is 32.6 Å². The van der Waals surface area contributed by atoms with Gasteiger partial charge in [0.2, 0.25) is 5.91 Å². The Balaban J connectivity index is 2.08. The van der Waals surface area contributed by atoms with E-state index in [2.05, 4.69) is 0 Å². The van der Waals surface area contributed by atoms with Crippen molar-refractivity contribution in [3.05, 3.63) is 70.6 Å². The second-order valence-electron chi connectivity index (χ2n) is 7.10. The third kappa shape index (κ3) is 3.60. The molecule has 0 aliphatic heterocycles. The molecule has 4 rings (SSSR count). The summed E-state index contributed by atoms with van der Waals surface area (Å²) in [5, 5.41) is 10.2. The Hall–Kier alpha value is -3.09. The number of aromatic nitrogens is 1. The van der Waals surface area contributed by atoms with E-state index in [-0.39, 0.29) is 17.3 Å². The Kier molecular flexibility index (Phi) is 5.37. The van der Waals surface area contributed by atoms with Gasteiger partial charge in [0.15, 0.2) is 0 Å². The fourth-order valence-corrected chi connectivity index (χ4v) is 4.64. The van der Waals surface area contributed by atoms with Crippen LogP contribution in [-0.2, 0) is 11.3 Å². The molecule has 152 valence electrons. The van der Waals surface area contributed by atoms with Gasteiger partial charge in [-0.2, -0.15) is 0 Å². The molecule has 1 N–H and O–H groups in total. The number of hydrogen-bond acceptors (Lipinski definition) is 3. The van der Waals surface area contributed by atoms with Crippen LogP contribution in [0.3, 0.4) is 0 Å². The molecule has 0 aliphatic carbocycles. The second kappa shape index (κ2) is 7.97. The second-order valence-corrected chi connectivity index (χ2v) is 8.59. The van der Waals surface area contributed by atoms with Crippen LogP contribution in [0.1, 0.15) is 9.67 Å². The van der Waals surface area contributed by atoms with Gasteiger partial charge in [0.25, 0.3) is 0 Å². The van der Waals surface area contributed by atoms with Crippen LogP contribution in [0, 0.1) is 0 Å². The van der Waals surface area contributed by atoms with Gasteiger partial charge in [0, 0.05) is 24.7 Å². The maximum absolute atomic E-state index is 12.7. The van der Waals surface area contributed by atoms with Gasteiger partial charge in [-0.15, -0.1) is 11.3 Å². The van der Waals surface area contributed by atoms with E-state index >= 15 is 0 Å². The van der Waals surface area contributed by atoms with Crippen LogP contribution in [0.25, 0.3) is 32.6 Å². The summed E-state index contributed by atoms with van der Waals surface area (Å²) >= 11 is 7.33. The molecular weight excluding hydrogens is 420 g/mol. The molecule has 2 heterocycles. The first-order valence-corrected chi connectivity index (χ1v) is 10.5. The molecule has 4 aromatic rings. The number of carboxylic acids is 1. The van der Waals surface area contributed by atoms with Gasteiger partial charge in [-0.3, -0.25) is 4.79 Å². The molecule has 2 aromatic heterocycles. The zero-order chi connectivity index (χ0) is 21.4. The lowest BCUT2D eigenvalue weighted by Crippen LogP contribution is -2.26. The van der Waals surface area contributed by atoms with E-state index in [4.69, 9.17) is 11.6 Å². The van der Waals surface area contributed by atoms with Gasteiger partial charge in [-0.25, -0.2) is 4.79 Å². The number of rotatable bonds is 5. The summed E-state index contributed by atoms with van der Waals surface area (Å²) in [6.07, 6.45) is 0. The summed E-state index contributed by atoms with van der Waals surface area (Å²) in [6.45, 7) is 0.101. The summed E-state index contributed by atoms with van der Waals surface area (Å²) in [7, 11) is 3.42. The fraction of sp³-hybridized carbons (Fsp3) is 0.130. The molecule has 1 amide bonds. The van der Waals surface area contributed by atoms with Crippen molar-refractivity contribution < 1.29 is 14.7 Å². The van der Waals surface area contributed by atoms with Crippen LogP contribution in [0.15, 0.2) is 60.7 Å². The first-order valence-electron chi connectivity index (χ1n) is 9.27. The first-order chi connectivity index (χ1) is 14.4. The normalized spacial score (nSPS) is 11.0. The van der Waals surface area contributed by atoms with E-state index in [0.29, 0.717) is 5.02 Å². The number of halogens is 1. The van der Waals surface area contributed by atoms with Gasteiger partial charge in [-0.1, -0.05) is 54.1 Å². The third-order valence-corrected chi connectivity index (χ3v) is 6.30. The monoisotopic (exact) mass is 438 g/mol. The molecule has 0 bridgehead atoms. The topological polar surface area (TPSA) is 62.5 Å². The van der Waals surface area contributed by atoms with Crippen molar-refractivity contribution in [3.8, 4) is 22.4 Å². The predicted octanol–water partition coefficient (Wildman–Crippen LogP) is 5.48. The van der Waals surface area contributed by atoms with Gasteiger partial charge >= 0.3 is 5.97 Å². The van der Waals surface area contributed by atoms with Crippen LogP contribution < -0.4 is 0 Å². The van der Waals surface area contributed by atoms with E-state index in [9.17, 15) is 14.7 Å². The molecule has 0 spiro atoms. The lowest BCUT2D eigenvalue weighted by molar-refractivity contribution is -0.129. The SMILES string of the molecule is CN(C)C(=O)Cn1c(-c2ccc(Cl)cc2)c(-c2ccccc2)c2sc(C(=O)O)cc21. The summed E-state index contributed by atoms with van der Waals surface area (Å²) in [5.74, 6) is -1.06. The molecule has 0 unspecified atom stereocenters. The van der Waals surface area contributed by atoms with Crippen LogP contribution >= 0.6 is 22.9 Å². The molecule has 0 aliphatic rings. The summed E-state index contributed by atoms with van der Waals surface area (Å²) in [5.41, 5.74) is 4.38. The number of carbonyl (C=O) groups excluding carboxylic acids is 1. The molecule has 0 fully saturated rings. The molecule has 0 atom stereocenters. The number of thiophene rings is 1. The zero-order valence-corrected chi connectivity index (χ0v) is 18.0. The summed E-state index contributed by atoms with van der Waals surface area (Å²) < 4.78 is 2.75. The Bertz CT molecular complexity index is 1240. The van der Waals surface area contributed by atoms with Gasteiger partial charge in [-0.05, 0) is 29.3 Å². The molecule has 2 aromatic carbocycles. The smallest absolute Gasteiger partial charge is 0.345 e. The molecular formula is C23H19ClN2O3S. The van der Waals surface area contributed by atoms with Crippen LogP contribution in [0.4, 0.5) is 0 Å². The average molecular weight is 439 g/mol. The van der Waals surface area contributed by atoms with E-state index in [1.54, 1.807) is 20.2 Å². The van der Waals surface area contributed by atoms with Crippen molar-refractivity contribution in [1.82, 2.24) is 9.47 Å². The highest BCUT2D eigenvalue weighted by molar-refractivity contribution is 7.21. The van der Waals surface area contributed by atoms with E-state index < -0.39 is 5.97 Å². The van der Waals surface area contributed by atoms with Crippen LogP contribution in [0.2, 0.25) is 5.02 Å². The van der Waals surface area contributed by atoms with E-state index in [1.165, 1.54) is 16.2 Å². The Morgan fingerprint density at radius 2 is 1.70 bits per heavy atom. The maximum Gasteiger partial charge on any atom is 0.345 e. The highest BCUT2D eigenvalue weighted by atomic mass is 35.5. The Labute approximate surface area is 182 Å². The van der Waals surface area contributed by atoms with Gasteiger partial charge in [0.05, 0.1) is 15.9 Å². The number of carboxylic acid groups (broad SMARTS) is 1. The highest BCUT2D eigenvalue weighted by Gasteiger charge is 2.25. The van der Waals surface area contributed by atoms with Gasteiger partial charge in [0.1, 0.15) is 11.4 Å². The summed E-state index contributed by atoms with van der Waals surface area (Å²) in [6, 6.07) is 18.9. The standard InChI is InChI=1S/C23H19ClN2O3S/c1-25(2)19(27)13-26-17-12-18(23(28)29)30-22(17)20(14-6-4-3-5-7-14)21(26)15-8-10-16(24)11-9-15/h3-12H,13H2,1-2H3,(H,28,29). The molecule has 0 saturated heterocycles.